The van der Waals surface area contributed by atoms with Crippen molar-refractivity contribution in [1.29, 1.82) is 0 Å². The van der Waals surface area contributed by atoms with Crippen LogP contribution >= 0.6 is 0 Å². The number of likely N-dealkylation sites (N-methyl/N-ethyl adjacent to an activating group) is 1. The van der Waals surface area contributed by atoms with Gasteiger partial charge in [-0.25, -0.2) is 4.39 Å². The smallest absolute Gasteiger partial charge is 0.141 e. The number of nitrogens with one attached hydrogen (secondary N) is 1. The molecule has 2 atom stereocenters. The fourth-order valence-electron chi connectivity index (χ4n) is 2.84. The summed E-state index contributed by atoms with van der Waals surface area (Å²) in [7, 11) is 1.99. The Balaban J connectivity index is 2.12. The first-order valence-electron chi connectivity index (χ1n) is 6.73. The first-order chi connectivity index (χ1) is 8.72. The average molecular weight is 251 g/mol. The molecular formula is C14H22FN3. The van der Waals surface area contributed by atoms with Crippen molar-refractivity contribution in [2.24, 2.45) is 0 Å². The summed E-state index contributed by atoms with van der Waals surface area (Å²) in [6.45, 7) is 4.22. The largest absolute Gasteiger partial charge is 0.318 e. The molecule has 2 unspecified atom stereocenters. The van der Waals surface area contributed by atoms with Crippen LogP contribution in [0.25, 0.3) is 0 Å². The fraction of sp³-hybridized carbons (Fsp3) is 0.643. The summed E-state index contributed by atoms with van der Waals surface area (Å²) in [5.41, 5.74) is 0.970. The summed E-state index contributed by atoms with van der Waals surface area (Å²) < 4.78 is 13.2. The van der Waals surface area contributed by atoms with E-state index in [1.165, 1.54) is 25.5 Å². The molecule has 1 saturated heterocycles. The molecule has 1 aliphatic rings. The zero-order valence-electron chi connectivity index (χ0n) is 11.2. The Morgan fingerprint density at radius 3 is 3.06 bits per heavy atom. The Morgan fingerprint density at radius 2 is 2.33 bits per heavy atom. The SMILES string of the molecule is CNCC1CCCCN1C(C)c1cncc(F)c1. The van der Waals surface area contributed by atoms with Crippen molar-refractivity contribution in [3.05, 3.63) is 29.8 Å². The molecule has 4 heteroatoms. The monoisotopic (exact) mass is 251 g/mol. The molecule has 18 heavy (non-hydrogen) atoms. The Labute approximate surface area is 108 Å². The van der Waals surface area contributed by atoms with Gasteiger partial charge in [0.2, 0.25) is 0 Å². The second-order valence-electron chi connectivity index (χ2n) is 5.06. The zero-order chi connectivity index (χ0) is 13.0. The Morgan fingerprint density at radius 1 is 1.50 bits per heavy atom. The third-order valence-electron chi connectivity index (χ3n) is 3.82. The number of pyridine rings is 1. The maximum atomic E-state index is 13.2. The lowest BCUT2D eigenvalue weighted by Crippen LogP contribution is -2.45. The molecule has 0 aromatic carbocycles. The molecule has 1 N–H and O–H groups in total. The highest BCUT2D eigenvalue weighted by atomic mass is 19.1. The van der Waals surface area contributed by atoms with Crippen molar-refractivity contribution in [2.75, 3.05) is 20.1 Å². The van der Waals surface area contributed by atoms with Crippen LogP contribution in [0.4, 0.5) is 4.39 Å². The van der Waals surface area contributed by atoms with Crippen LogP contribution in [-0.2, 0) is 0 Å². The number of likely N-dealkylation sites (tertiary alicyclic amines) is 1. The van der Waals surface area contributed by atoms with E-state index in [4.69, 9.17) is 0 Å². The fourth-order valence-corrected chi connectivity index (χ4v) is 2.84. The minimum absolute atomic E-state index is 0.229. The van der Waals surface area contributed by atoms with E-state index >= 15 is 0 Å². The van der Waals surface area contributed by atoms with Crippen LogP contribution in [0.5, 0.6) is 0 Å². The number of nitrogens with zero attached hydrogens (tertiary/aromatic N) is 2. The van der Waals surface area contributed by atoms with Gasteiger partial charge in [-0.15, -0.1) is 0 Å². The summed E-state index contributed by atoms with van der Waals surface area (Å²) in [5.74, 6) is -0.249. The minimum atomic E-state index is -0.249. The van der Waals surface area contributed by atoms with E-state index in [9.17, 15) is 4.39 Å². The van der Waals surface area contributed by atoms with Crippen LogP contribution in [0.2, 0.25) is 0 Å². The highest BCUT2D eigenvalue weighted by Crippen LogP contribution is 2.27. The van der Waals surface area contributed by atoms with E-state index < -0.39 is 0 Å². The van der Waals surface area contributed by atoms with Gasteiger partial charge in [0.25, 0.3) is 0 Å². The average Bonchev–Trinajstić information content (AvgIpc) is 2.39. The number of piperidine rings is 1. The molecule has 1 fully saturated rings. The van der Waals surface area contributed by atoms with E-state index in [0.29, 0.717) is 6.04 Å². The molecule has 2 heterocycles. The molecular weight excluding hydrogens is 229 g/mol. The lowest BCUT2D eigenvalue weighted by Gasteiger charge is -2.40. The molecule has 0 saturated carbocycles. The van der Waals surface area contributed by atoms with Crippen LogP contribution in [0.15, 0.2) is 18.5 Å². The second kappa shape index (κ2) is 6.25. The highest BCUT2D eigenvalue weighted by molar-refractivity contribution is 5.15. The number of hydrogen-bond donors (Lipinski definition) is 1. The molecule has 0 spiro atoms. The normalized spacial score (nSPS) is 22.9. The molecule has 0 bridgehead atoms. The van der Waals surface area contributed by atoms with Crippen molar-refractivity contribution in [2.45, 2.75) is 38.3 Å². The maximum absolute atomic E-state index is 13.2. The Hall–Kier alpha value is -1.00. The second-order valence-corrected chi connectivity index (χ2v) is 5.06. The van der Waals surface area contributed by atoms with Gasteiger partial charge in [0, 0.05) is 24.8 Å². The number of rotatable bonds is 4. The molecule has 0 radical (unpaired) electrons. The van der Waals surface area contributed by atoms with E-state index in [1.54, 1.807) is 12.3 Å². The van der Waals surface area contributed by atoms with Gasteiger partial charge in [0.05, 0.1) is 6.20 Å². The van der Waals surface area contributed by atoms with E-state index in [0.717, 1.165) is 18.7 Å². The lowest BCUT2D eigenvalue weighted by molar-refractivity contribution is 0.103. The summed E-state index contributed by atoms with van der Waals surface area (Å²) >= 11 is 0. The standard InChI is InChI=1S/C14H22FN3/c1-11(12-7-13(15)9-17-8-12)18-6-4-3-5-14(18)10-16-2/h7-9,11,14,16H,3-6,10H2,1-2H3. The first-order valence-corrected chi connectivity index (χ1v) is 6.73. The van der Waals surface area contributed by atoms with Crippen LogP contribution in [0.1, 0.15) is 37.8 Å². The quantitative estimate of drug-likeness (QED) is 0.890. The van der Waals surface area contributed by atoms with Gasteiger partial charge in [-0.2, -0.15) is 0 Å². The van der Waals surface area contributed by atoms with Crippen LogP contribution < -0.4 is 5.32 Å². The van der Waals surface area contributed by atoms with Crippen LogP contribution in [0, 0.1) is 5.82 Å². The van der Waals surface area contributed by atoms with Crippen molar-refractivity contribution in [1.82, 2.24) is 15.2 Å². The van der Waals surface area contributed by atoms with Gasteiger partial charge in [-0.1, -0.05) is 6.42 Å². The summed E-state index contributed by atoms with van der Waals surface area (Å²) in [6, 6.07) is 2.37. The Bertz CT molecular complexity index is 381. The van der Waals surface area contributed by atoms with Gasteiger partial charge in [0.1, 0.15) is 5.82 Å². The third-order valence-corrected chi connectivity index (χ3v) is 3.82. The topological polar surface area (TPSA) is 28.2 Å². The molecule has 2 rings (SSSR count). The molecule has 100 valence electrons. The zero-order valence-corrected chi connectivity index (χ0v) is 11.2. The lowest BCUT2D eigenvalue weighted by atomic mass is 9.97. The molecule has 0 aliphatic carbocycles. The van der Waals surface area contributed by atoms with Crippen molar-refractivity contribution in [3.8, 4) is 0 Å². The van der Waals surface area contributed by atoms with Crippen molar-refractivity contribution in [3.63, 3.8) is 0 Å². The summed E-state index contributed by atoms with van der Waals surface area (Å²) in [6.07, 6.45) is 6.77. The Kier molecular flexibility index (Phi) is 4.66. The van der Waals surface area contributed by atoms with E-state index in [-0.39, 0.29) is 11.9 Å². The van der Waals surface area contributed by atoms with E-state index in [1.807, 2.05) is 7.05 Å². The molecule has 3 nitrogen and oxygen atoms in total. The highest BCUT2D eigenvalue weighted by Gasteiger charge is 2.26. The van der Waals surface area contributed by atoms with Gasteiger partial charge < -0.3 is 5.32 Å². The van der Waals surface area contributed by atoms with Gasteiger partial charge in [-0.05, 0) is 45.0 Å². The van der Waals surface area contributed by atoms with Crippen LogP contribution in [0.3, 0.4) is 0 Å². The third kappa shape index (κ3) is 3.06. The minimum Gasteiger partial charge on any atom is -0.318 e. The predicted molar refractivity (Wildman–Crippen MR) is 70.9 cm³/mol. The first kappa shape index (κ1) is 13.4. The molecule has 0 amide bonds. The molecule has 1 aromatic rings. The number of aromatic nitrogens is 1. The molecule has 1 aromatic heterocycles. The van der Waals surface area contributed by atoms with Crippen LogP contribution in [-0.4, -0.2) is 36.1 Å². The van der Waals surface area contributed by atoms with Gasteiger partial charge >= 0.3 is 0 Å². The summed E-state index contributed by atoms with van der Waals surface area (Å²) in [5, 5.41) is 3.25. The van der Waals surface area contributed by atoms with Gasteiger partial charge in [-0.3, -0.25) is 9.88 Å². The predicted octanol–water partition coefficient (Wildman–Crippen LogP) is 2.36. The van der Waals surface area contributed by atoms with Crippen molar-refractivity contribution < 1.29 is 4.39 Å². The van der Waals surface area contributed by atoms with Crippen molar-refractivity contribution >= 4 is 0 Å². The number of halogens is 1. The maximum Gasteiger partial charge on any atom is 0.141 e. The molecule has 1 aliphatic heterocycles. The summed E-state index contributed by atoms with van der Waals surface area (Å²) in [4.78, 5) is 6.42. The van der Waals surface area contributed by atoms with E-state index in [2.05, 4.69) is 22.1 Å². The van der Waals surface area contributed by atoms with Gasteiger partial charge in [0.15, 0.2) is 0 Å². The number of hydrogen-bond acceptors (Lipinski definition) is 3.